The highest BCUT2D eigenvalue weighted by atomic mass is 16.7. The van der Waals surface area contributed by atoms with Crippen LogP contribution in [0.3, 0.4) is 0 Å². The lowest BCUT2D eigenvalue weighted by Gasteiger charge is -2.12. The number of aromatic hydroxyl groups is 1. The first-order valence-electron chi connectivity index (χ1n) is 6.12. The molecule has 0 saturated heterocycles. The Morgan fingerprint density at radius 2 is 2.11 bits per heavy atom. The third-order valence-corrected chi connectivity index (χ3v) is 3.14. The molecule has 2 aromatic rings. The number of phenols is 1. The van der Waals surface area contributed by atoms with E-state index >= 15 is 0 Å². The maximum atomic E-state index is 9.92. The SMILES string of the molecule is CC(NCc1cc2c(cc1O)OCO2)c1ccco1. The van der Waals surface area contributed by atoms with Gasteiger partial charge in [-0.2, -0.15) is 0 Å². The van der Waals surface area contributed by atoms with Crippen LogP contribution in [-0.2, 0) is 6.54 Å². The lowest BCUT2D eigenvalue weighted by molar-refractivity contribution is 0.174. The normalized spacial score (nSPS) is 14.6. The third-order valence-electron chi connectivity index (χ3n) is 3.14. The quantitative estimate of drug-likeness (QED) is 0.885. The summed E-state index contributed by atoms with van der Waals surface area (Å²) in [7, 11) is 0. The van der Waals surface area contributed by atoms with Gasteiger partial charge in [-0.3, -0.25) is 0 Å². The van der Waals surface area contributed by atoms with Crippen LogP contribution in [0.4, 0.5) is 0 Å². The molecule has 1 aliphatic rings. The van der Waals surface area contributed by atoms with Gasteiger partial charge in [-0.25, -0.2) is 0 Å². The lowest BCUT2D eigenvalue weighted by Crippen LogP contribution is -2.17. The number of hydrogen-bond donors (Lipinski definition) is 2. The Morgan fingerprint density at radius 3 is 2.84 bits per heavy atom. The van der Waals surface area contributed by atoms with Gasteiger partial charge in [0.05, 0.1) is 12.3 Å². The van der Waals surface area contributed by atoms with Crippen molar-refractivity contribution in [1.29, 1.82) is 0 Å². The molecule has 1 aromatic heterocycles. The number of nitrogens with one attached hydrogen (secondary N) is 1. The van der Waals surface area contributed by atoms with Crippen molar-refractivity contribution < 1.29 is 19.0 Å². The van der Waals surface area contributed by atoms with Crippen molar-refractivity contribution in [2.45, 2.75) is 19.5 Å². The number of hydrogen-bond acceptors (Lipinski definition) is 5. The van der Waals surface area contributed by atoms with Gasteiger partial charge in [0.1, 0.15) is 11.5 Å². The zero-order valence-electron chi connectivity index (χ0n) is 10.6. The summed E-state index contributed by atoms with van der Waals surface area (Å²) >= 11 is 0. The fourth-order valence-electron chi connectivity index (χ4n) is 2.02. The molecule has 3 rings (SSSR count). The topological polar surface area (TPSA) is 63.9 Å². The van der Waals surface area contributed by atoms with E-state index in [4.69, 9.17) is 13.9 Å². The van der Waals surface area contributed by atoms with Gasteiger partial charge in [0.15, 0.2) is 11.5 Å². The van der Waals surface area contributed by atoms with E-state index in [1.54, 1.807) is 18.4 Å². The van der Waals surface area contributed by atoms with Crippen molar-refractivity contribution in [2.75, 3.05) is 6.79 Å². The van der Waals surface area contributed by atoms with Gasteiger partial charge in [-0.1, -0.05) is 0 Å². The predicted octanol–water partition coefficient (Wildman–Crippen LogP) is 2.56. The molecule has 0 saturated carbocycles. The molecule has 0 aliphatic carbocycles. The first-order valence-corrected chi connectivity index (χ1v) is 6.12. The molecule has 0 amide bonds. The van der Waals surface area contributed by atoms with Crippen LogP contribution >= 0.6 is 0 Å². The van der Waals surface area contributed by atoms with Gasteiger partial charge >= 0.3 is 0 Å². The van der Waals surface area contributed by atoms with Crippen LogP contribution in [0.5, 0.6) is 17.2 Å². The molecule has 0 spiro atoms. The molecule has 5 nitrogen and oxygen atoms in total. The molecule has 1 unspecified atom stereocenters. The van der Waals surface area contributed by atoms with Crippen molar-refractivity contribution >= 4 is 0 Å². The van der Waals surface area contributed by atoms with Gasteiger partial charge in [0.25, 0.3) is 0 Å². The molecule has 0 radical (unpaired) electrons. The van der Waals surface area contributed by atoms with Crippen molar-refractivity contribution in [3.8, 4) is 17.2 Å². The summed E-state index contributed by atoms with van der Waals surface area (Å²) in [5.41, 5.74) is 0.766. The highest BCUT2D eigenvalue weighted by Crippen LogP contribution is 2.37. The van der Waals surface area contributed by atoms with Crippen molar-refractivity contribution in [1.82, 2.24) is 5.32 Å². The van der Waals surface area contributed by atoms with E-state index in [2.05, 4.69) is 5.32 Å². The molecule has 100 valence electrons. The van der Waals surface area contributed by atoms with E-state index in [1.807, 2.05) is 19.1 Å². The Morgan fingerprint density at radius 1 is 1.32 bits per heavy atom. The molecular formula is C14H15NO4. The van der Waals surface area contributed by atoms with Crippen LogP contribution in [0, 0.1) is 0 Å². The van der Waals surface area contributed by atoms with E-state index in [1.165, 1.54) is 0 Å². The van der Waals surface area contributed by atoms with E-state index in [0.29, 0.717) is 18.0 Å². The van der Waals surface area contributed by atoms with E-state index in [9.17, 15) is 5.11 Å². The molecule has 2 heterocycles. The minimum absolute atomic E-state index is 0.0693. The number of ether oxygens (including phenoxy) is 2. The number of phenolic OH excluding ortho intramolecular Hbond substituents is 1. The molecule has 1 aromatic carbocycles. The summed E-state index contributed by atoms with van der Waals surface area (Å²) in [4.78, 5) is 0. The fourth-order valence-corrected chi connectivity index (χ4v) is 2.02. The molecule has 0 fully saturated rings. The van der Waals surface area contributed by atoms with Crippen LogP contribution in [0.25, 0.3) is 0 Å². The summed E-state index contributed by atoms with van der Waals surface area (Å²) in [6, 6.07) is 7.21. The highest BCUT2D eigenvalue weighted by Gasteiger charge is 2.17. The standard InChI is InChI=1S/C14H15NO4/c1-9(12-3-2-4-17-12)15-7-10-5-13-14(6-11(10)16)19-8-18-13/h2-6,9,15-16H,7-8H2,1H3. The Labute approximate surface area is 110 Å². The van der Waals surface area contributed by atoms with Crippen LogP contribution in [0.15, 0.2) is 34.9 Å². The maximum absolute atomic E-state index is 9.92. The summed E-state index contributed by atoms with van der Waals surface area (Å²) in [5, 5.41) is 13.2. The summed E-state index contributed by atoms with van der Waals surface area (Å²) in [5.74, 6) is 2.31. The molecular weight excluding hydrogens is 246 g/mol. The smallest absolute Gasteiger partial charge is 0.231 e. The average Bonchev–Trinajstić information content (AvgIpc) is 3.06. The largest absolute Gasteiger partial charge is 0.507 e. The van der Waals surface area contributed by atoms with Gasteiger partial charge in [-0.05, 0) is 25.1 Å². The monoisotopic (exact) mass is 261 g/mol. The Hall–Kier alpha value is -2.14. The summed E-state index contributed by atoms with van der Waals surface area (Å²) in [6.45, 7) is 2.72. The fraction of sp³-hybridized carbons (Fsp3) is 0.286. The van der Waals surface area contributed by atoms with Gasteiger partial charge in [-0.15, -0.1) is 0 Å². The second kappa shape index (κ2) is 4.85. The number of rotatable bonds is 4. The Balaban J connectivity index is 1.70. The van der Waals surface area contributed by atoms with Crippen LogP contribution in [-0.4, -0.2) is 11.9 Å². The molecule has 2 N–H and O–H groups in total. The van der Waals surface area contributed by atoms with Gasteiger partial charge in [0, 0.05) is 18.2 Å². The summed E-state index contributed by atoms with van der Waals surface area (Å²) in [6.07, 6.45) is 1.64. The summed E-state index contributed by atoms with van der Waals surface area (Å²) < 4.78 is 15.8. The molecule has 1 atom stereocenters. The zero-order valence-corrected chi connectivity index (χ0v) is 10.6. The maximum Gasteiger partial charge on any atom is 0.231 e. The predicted molar refractivity (Wildman–Crippen MR) is 68.2 cm³/mol. The number of fused-ring (bicyclic) bond motifs is 1. The number of furan rings is 1. The number of benzene rings is 1. The van der Waals surface area contributed by atoms with Crippen molar-refractivity contribution in [2.24, 2.45) is 0 Å². The van der Waals surface area contributed by atoms with Crippen LogP contribution < -0.4 is 14.8 Å². The first kappa shape index (κ1) is 11.9. The lowest BCUT2D eigenvalue weighted by atomic mass is 10.1. The Kier molecular flexibility index (Phi) is 3.05. The van der Waals surface area contributed by atoms with E-state index < -0.39 is 0 Å². The molecule has 1 aliphatic heterocycles. The molecule has 0 bridgehead atoms. The second-order valence-electron chi connectivity index (χ2n) is 4.45. The minimum atomic E-state index is 0.0693. The van der Waals surface area contributed by atoms with Crippen molar-refractivity contribution in [3.63, 3.8) is 0 Å². The zero-order chi connectivity index (χ0) is 13.2. The first-order chi connectivity index (χ1) is 9.24. The molecule has 19 heavy (non-hydrogen) atoms. The minimum Gasteiger partial charge on any atom is -0.507 e. The van der Waals surface area contributed by atoms with E-state index in [0.717, 1.165) is 11.3 Å². The third kappa shape index (κ3) is 2.37. The Bertz CT molecular complexity index is 565. The second-order valence-corrected chi connectivity index (χ2v) is 4.45. The van der Waals surface area contributed by atoms with Crippen LogP contribution in [0.2, 0.25) is 0 Å². The highest BCUT2D eigenvalue weighted by molar-refractivity contribution is 5.51. The van der Waals surface area contributed by atoms with Gasteiger partial charge < -0.3 is 24.3 Å². The molecule has 5 heteroatoms. The van der Waals surface area contributed by atoms with E-state index in [-0.39, 0.29) is 18.6 Å². The van der Waals surface area contributed by atoms with Crippen molar-refractivity contribution in [3.05, 3.63) is 41.9 Å². The van der Waals surface area contributed by atoms with Crippen LogP contribution in [0.1, 0.15) is 24.3 Å². The van der Waals surface area contributed by atoms with Gasteiger partial charge in [0.2, 0.25) is 6.79 Å². The average molecular weight is 261 g/mol.